The van der Waals surface area contributed by atoms with Crippen molar-refractivity contribution in [2.24, 2.45) is 0 Å². The molecule has 6 heteroatoms. The number of anilines is 1. The molecule has 0 unspecified atom stereocenters. The number of carbonyl (C=O) groups is 2. The van der Waals surface area contributed by atoms with Crippen molar-refractivity contribution in [1.29, 1.82) is 0 Å². The van der Waals surface area contributed by atoms with Crippen LogP contribution in [-0.4, -0.2) is 24.0 Å². The van der Waals surface area contributed by atoms with Gasteiger partial charge in [0.25, 0.3) is 5.91 Å². The summed E-state index contributed by atoms with van der Waals surface area (Å²) in [4.78, 5) is 22.6. The third-order valence-electron chi connectivity index (χ3n) is 2.64. The predicted octanol–water partition coefficient (Wildman–Crippen LogP) is 1.95. The van der Waals surface area contributed by atoms with Gasteiger partial charge in [-0.2, -0.15) is 0 Å². The maximum absolute atomic E-state index is 11.9. The highest BCUT2D eigenvalue weighted by atomic mass is 16.4. The molecule has 0 bridgehead atoms. The maximum atomic E-state index is 11.9. The molecule has 1 heterocycles. The van der Waals surface area contributed by atoms with Gasteiger partial charge in [0.15, 0.2) is 5.76 Å². The maximum Gasteiger partial charge on any atom is 0.338 e. The van der Waals surface area contributed by atoms with Crippen LogP contribution in [0.25, 0.3) is 0 Å². The van der Waals surface area contributed by atoms with Crippen molar-refractivity contribution in [1.82, 2.24) is 5.32 Å². The van der Waals surface area contributed by atoms with Gasteiger partial charge in [0.05, 0.1) is 5.56 Å². The second-order valence-electron chi connectivity index (χ2n) is 4.19. The van der Waals surface area contributed by atoms with Crippen LogP contribution >= 0.6 is 0 Å². The van der Waals surface area contributed by atoms with Gasteiger partial charge in [-0.15, -0.1) is 0 Å². The summed E-state index contributed by atoms with van der Waals surface area (Å²) in [5.41, 5.74) is 1.59. The topological polar surface area (TPSA) is 91.6 Å². The molecule has 0 atom stereocenters. The van der Waals surface area contributed by atoms with Gasteiger partial charge in [0, 0.05) is 18.3 Å². The fraction of sp³-hybridized carbons (Fsp3) is 0.143. The van der Waals surface area contributed by atoms with Gasteiger partial charge in [-0.3, -0.25) is 4.79 Å². The van der Waals surface area contributed by atoms with Crippen LogP contribution in [0.15, 0.2) is 41.0 Å². The Kier molecular flexibility index (Phi) is 4.17. The summed E-state index contributed by atoms with van der Waals surface area (Å²) < 4.78 is 4.93. The van der Waals surface area contributed by atoms with Crippen LogP contribution in [-0.2, 0) is 6.54 Å². The van der Waals surface area contributed by atoms with Gasteiger partial charge < -0.3 is 20.2 Å². The Balaban J connectivity index is 2.10. The molecular weight excluding hydrogens is 260 g/mol. The van der Waals surface area contributed by atoms with Crippen molar-refractivity contribution in [2.75, 3.05) is 12.4 Å². The summed E-state index contributed by atoms with van der Waals surface area (Å²) in [5, 5.41) is 14.4. The Hall–Kier alpha value is -2.60. The lowest BCUT2D eigenvalue weighted by molar-refractivity contribution is 0.0696. The minimum atomic E-state index is -1.14. The molecule has 0 aliphatic heterocycles. The van der Waals surface area contributed by atoms with Crippen LogP contribution in [0.1, 0.15) is 26.5 Å². The molecule has 2 aromatic rings. The molecule has 0 saturated carbocycles. The lowest BCUT2D eigenvalue weighted by atomic mass is 10.2. The minimum absolute atomic E-state index is 0.0404. The van der Waals surface area contributed by atoms with Crippen LogP contribution in [0.3, 0.4) is 0 Å². The van der Waals surface area contributed by atoms with Crippen molar-refractivity contribution >= 4 is 17.6 Å². The highest BCUT2D eigenvalue weighted by molar-refractivity contribution is 6.03. The number of benzene rings is 1. The van der Waals surface area contributed by atoms with Crippen LogP contribution in [0.4, 0.5) is 5.69 Å². The summed E-state index contributed by atoms with van der Waals surface area (Å²) in [6, 6.07) is 8.53. The number of hydrogen-bond acceptors (Lipinski definition) is 4. The molecule has 0 saturated heterocycles. The van der Waals surface area contributed by atoms with Crippen molar-refractivity contribution in [3.63, 3.8) is 0 Å². The quantitative estimate of drug-likeness (QED) is 0.775. The Morgan fingerprint density at radius 2 is 2.10 bits per heavy atom. The van der Waals surface area contributed by atoms with E-state index in [9.17, 15) is 9.59 Å². The van der Waals surface area contributed by atoms with Crippen molar-refractivity contribution < 1.29 is 19.1 Å². The monoisotopic (exact) mass is 274 g/mol. The van der Waals surface area contributed by atoms with Gasteiger partial charge in [-0.25, -0.2) is 4.79 Å². The number of hydrogen-bond donors (Lipinski definition) is 3. The fourth-order valence-electron chi connectivity index (χ4n) is 1.72. The molecule has 3 N–H and O–H groups in total. The predicted molar refractivity (Wildman–Crippen MR) is 72.8 cm³/mol. The normalized spacial score (nSPS) is 10.2. The van der Waals surface area contributed by atoms with Gasteiger partial charge in [-0.05, 0) is 24.7 Å². The van der Waals surface area contributed by atoms with Crippen LogP contribution in [0.5, 0.6) is 0 Å². The van der Waals surface area contributed by atoms with Gasteiger partial charge >= 0.3 is 5.97 Å². The van der Waals surface area contributed by atoms with Crippen molar-refractivity contribution in [3.05, 3.63) is 53.5 Å². The number of carbonyl (C=O) groups excluding carboxylic acids is 1. The van der Waals surface area contributed by atoms with Crippen LogP contribution in [0.2, 0.25) is 0 Å². The number of carboxylic acids is 1. The lowest BCUT2D eigenvalue weighted by Crippen LogP contribution is -2.12. The molecular formula is C14H14N2O4. The minimum Gasteiger partial charge on any atom is -0.478 e. The third-order valence-corrected chi connectivity index (χ3v) is 2.64. The fourth-order valence-corrected chi connectivity index (χ4v) is 1.72. The smallest absolute Gasteiger partial charge is 0.338 e. The van der Waals surface area contributed by atoms with E-state index >= 15 is 0 Å². The van der Waals surface area contributed by atoms with E-state index in [-0.39, 0.29) is 11.3 Å². The number of rotatable bonds is 5. The van der Waals surface area contributed by atoms with E-state index in [1.54, 1.807) is 6.07 Å². The SMILES string of the molecule is CNCc1cccc(NC(=O)c2cc(C(=O)O)co2)c1. The van der Waals surface area contributed by atoms with Crippen molar-refractivity contribution in [2.45, 2.75) is 6.54 Å². The number of aromatic carboxylic acids is 1. The number of amides is 1. The number of carboxylic acid groups (broad SMARTS) is 1. The average molecular weight is 274 g/mol. The molecule has 0 radical (unpaired) electrons. The first kappa shape index (κ1) is 13.8. The highest BCUT2D eigenvalue weighted by Crippen LogP contribution is 2.14. The standard InChI is InChI=1S/C14H14N2O4/c1-15-7-9-3-2-4-11(5-9)16-13(17)12-6-10(8-20-12)14(18)19/h2-6,8,15H,7H2,1H3,(H,16,17)(H,18,19). The summed E-state index contributed by atoms with van der Waals surface area (Å²) >= 11 is 0. The van der Waals surface area contributed by atoms with E-state index in [0.717, 1.165) is 11.8 Å². The van der Waals surface area contributed by atoms with Gasteiger partial charge in [0.1, 0.15) is 6.26 Å². The van der Waals surface area contributed by atoms with E-state index in [2.05, 4.69) is 10.6 Å². The first-order chi connectivity index (χ1) is 9.60. The Labute approximate surface area is 115 Å². The van der Waals surface area contributed by atoms with E-state index in [0.29, 0.717) is 12.2 Å². The van der Waals surface area contributed by atoms with E-state index in [1.807, 2.05) is 25.2 Å². The summed E-state index contributed by atoms with van der Waals surface area (Å²) in [5.74, 6) is -1.66. The first-order valence-corrected chi connectivity index (χ1v) is 5.97. The molecule has 0 aliphatic carbocycles. The molecule has 0 aliphatic rings. The third kappa shape index (κ3) is 3.24. The zero-order chi connectivity index (χ0) is 14.5. The lowest BCUT2D eigenvalue weighted by Gasteiger charge is -2.05. The Morgan fingerprint density at radius 3 is 2.75 bits per heavy atom. The zero-order valence-electron chi connectivity index (χ0n) is 10.8. The molecule has 2 rings (SSSR count). The van der Waals surface area contributed by atoms with Gasteiger partial charge in [0.2, 0.25) is 0 Å². The highest BCUT2D eigenvalue weighted by Gasteiger charge is 2.14. The number of furan rings is 1. The summed E-state index contributed by atoms with van der Waals surface area (Å²) in [6.07, 6.45) is 1.04. The molecule has 20 heavy (non-hydrogen) atoms. The summed E-state index contributed by atoms with van der Waals surface area (Å²) in [7, 11) is 1.83. The largest absolute Gasteiger partial charge is 0.478 e. The van der Waals surface area contributed by atoms with Gasteiger partial charge in [-0.1, -0.05) is 12.1 Å². The first-order valence-electron chi connectivity index (χ1n) is 5.97. The molecule has 0 spiro atoms. The average Bonchev–Trinajstić information content (AvgIpc) is 2.89. The number of nitrogens with one attached hydrogen (secondary N) is 2. The molecule has 104 valence electrons. The second-order valence-corrected chi connectivity index (χ2v) is 4.19. The van der Waals surface area contributed by atoms with E-state index in [1.165, 1.54) is 6.07 Å². The second kappa shape index (κ2) is 6.03. The summed E-state index contributed by atoms with van der Waals surface area (Å²) in [6.45, 7) is 0.688. The van der Waals surface area contributed by atoms with Crippen LogP contribution in [0, 0.1) is 0 Å². The molecule has 1 aromatic heterocycles. The molecule has 1 amide bonds. The molecule has 0 fully saturated rings. The van der Waals surface area contributed by atoms with E-state index in [4.69, 9.17) is 9.52 Å². The molecule has 1 aromatic carbocycles. The van der Waals surface area contributed by atoms with E-state index < -0.39 is 11.9 Å². The van der Waals surface area contributed by atoms with Crippen molar-refractivity contribution in [3.8, 4) is 0 Å². The Bertz CT molecular complexity index is 634. The Morgan fingerprint density at radius 1 is 1.30 bits per heavy atom. The van der Waals surface area contributed by atoms with Crippen LogP contribution < -0.4 is 10.6 Å². The zero-order valence-corrected chi connectivity index (χ0v) is 10.8. The molecule has 6 nitrogen and oxygen atoms in total.